The van der Waals surface area contributed by atoms with Crippen molar-refractivity contribution in [1.29, 1.82) is 0 Å². The number of aliphatic hydroxyl groups is 1. The summed E-state index contributed by atoms with van der Waals surface area (Å²) < 4.78 is 25.4. The standard InChI is InChI=1S/C33H31ClFN3O4/c34-29-18-25(11-14-32(29)41-20-22-6-5-7-24(35)16-22)38-33-28-17-23(10-13-30(28)36-21-37-33)31-15-12-27(42-31)9-4-2-1-3-8-26(40)19-39/h5-7,10-18,21,39H,1-4,8-9,19-20H2,(H,36,37,38). The number of benzene rings is 3. The van der Waals surface area contributed by atoms with Crippen molar-refractivity contribution in [2.45, 2.75) is 45.1 Å². The van der Waals surface area contributed by atoms with Gasteiger partial charge in [-0.25, -0.2) is 14.4 Å². The van der Waals surface area contributed by atoms with Crippen LogP contribution in [0.1, 0.15) is 43.4 Å². The van der Waals surface area contributed by atoms with E-state index in [0.29, 0.717) is 28.6 Å². The van der Waals surface area contributed by atoms with Crippen molar-refractivity contribution in [2.75, 3.05) is 11.9 Å². The number of aromatic nitrogens is 2. The lowest BCUT2D eigenvalue weighted by molar-refractivity contribution is -0.121. The highest BCUT2D eigenvalue weighted by Crippen LogP contribution is 2.33. The SMILES string of the molecule is O=C(CO)CCCCCCc1ccc(-c2ccc3ncnc(Nc4ccc(OCc5cccc(F)c5)c(Cl)c4)c3c2)o1. The molecule has 9 heteroatoms. The molecule has 0 amide bonds. The summed E-state index contributed by atoms with van der Waals surface area (Å²) in [4.78, 5) is 20.1. The number of aliphatic hydroxyl groups excluding tert-OH is 1. The van der Waals surface area contributed by atoms with Crippen LogP contribution in [0.15, 0.2) is 83.5 Å². The molecule has 3 aromatic carbocycles. The van der Waals surface area contributed by atoms with Crippen molar-refractivity contribution in [2.24, 2.45) is 0 Å². The largest absolute Gasteiger partial charge is 0.487 e. The number of fused-ring (bicyclic) bond motifs is 1. The third kappa shape index (κ3) is 7.72. The van der Waals surface area contributed by atoms with E-state index in [2.05, 4.69) is 15.3 Å². The van der Waals surface area contributed by atoms with Crippen molar-refractivity contribution in [3.05, 3.63) is 101 Å². The maximum atomic E-state index is 13.5. The van der Waals surface area contributed by atoms with Crippen LogP contribution in [-0.4, -0.2) is 27.5 Å². The Morgan fingerprint density at radius 2 is 1.86 bits per heavy atom. The molecule has 2 heterocycles. The summed E-state index contributed by atoms with van der Waals surface area (Å²) >= 11 is 6.49. The minimum absolute atomic E-state index is 0.102. The number of rotatable bonds is 14. The molecule has 0 aliphatic rings. The fourth-order valence-electron chi connectivity index (χ4n) is 4.65. The lowest BCUT2D eigenvalue weighted by atomic mass is 10.1. The number of nitrogens with one attached hydrogen (secondary N) is 1. The monoisotopic (exact) mass is 587 g/mol. The molecule has 0 saturated heterocycles. The first-order valence-electron chi connectivity index (χ1n) is 13.9. The molecule has 0 atom stereocenters. The molecule has 0 aliphatic carbocycles. The van der Waals surface area contributed by atoms with Gasteiger partial charge < -0.3 is 19.6 Å². The first-order valence-corrected chi connectivity index (χ1v) is 14.3. The zero-order valence-electron chi connectivity index (χ0n) is 23.0. The Kier molecular flexibility index (Phi) is 9.79. The van der Waals surface area contributed by atoms with E-state index in [0.717, 1.165) is 65.8 Å². The molecule has 0 spiro atoms. The van der Waals surface area contributed by atoms with Gasteiger partial charge in [-0.15, -0.1) is 0 Å². The van der Waals surface area contributed by atoms with Crippen LogP contribution in [0.3, 0.4) is 0 Å². The van der Waals surface area contributed by atoms with Crippen LogP contribution in [0.5, 0.6) is 5.75 Å². The lowest BCUT2D eigenvalue weighted by Gasteiger charge is -2.12. The van der Waals surface area contributed by atoms with Gasteiger partial charge in [-0.3, -0.25) is 4.79 Å². The van der Waals surface area contributed by atoms with Gasteiger partial charge in [0.25, 0.3) is 0 Å². The lowest BCUT2D eigenvalue weighted by Crippen LogP contribution is -2.02. The molecule has 5 rings (SSSR count). The van der Waals surface area contributed by atoms with Gasteiger partial charge in [-0.2, -0.15) is 0 Å². The first kappa shape index (κ1) is 29.2. The summed E-state index contributed by atoms with van der Waals surface area (Å²) in [6.45, 7) is -0.170. The third-order valence-electron chi connectivity index (χ3n) is 6.86. The Morgan fingerprint density at radius 1 is 0.976 bits per heavy atom. The van der Waals surface area contributed by atoms with E-state index < -0.39 is 0 Å². The molecular weight excluding hydrogens is 557 g/mol. The number of Topliss-reactive ketones (excluding diaryl/α,β-unsaturated/α-hetero) is 1. The number of ketones is 1. The second-order valence-electron chi connectivity index (χ2n) is 10.0. The third-order valence-corrected chi connectivity index (χ3v) is 7.16. The molecule has 42 heavy (non-hydrogen) atoms. The topological polar surface area (TPSA) is 97.5 Å². The predicted molar refractivity (Wildman–Crippen MR) is 162 cm³/mol. The number of ether oxygens (including phenoxy) is 1. The minimum Gasteiger partial charge on any atom is -0.487 e. The van der Waals surface area contributed by atoms with Crippen LogP contribution in [0, 0.1) is 5.82 Å². The minimum atomic E-state index is -0.370. The summed E-state index contributed by atoms with van der Waals surface area (Å²) in [5.74, 6) is 2.37. The second kappa shape index (κ2) is 14.1. The smallest absolute Gasteiger partial charge is 0.158 e. The molecule has 0 saturated carbocycles. The maximum absolute atomic E-state index is 13.5. The fourth-order valence-corrected chi connectivity index (χ4v) is 4.89. The molecule has 2 N–H and O–H groups in total. The van der Waals surface area contributed by atoms with Crippen LogP contribution in [0.4, 0.5) is 15.9 Å². The van der Waals surface area contributed by atoms with E-state index in [1.165, 1.54) is 18.5 Å². The summed E-state index contributed by atoms with van der Waals surface area (Å²) in [6, 6.07) is 21.5. The van der Waals surface area contributed by atoms with E-state index in [1.54, 1.807) is 24.3 Å². The van der Waals surface area contributed by atoms with Crippen molar-refractivity contribution in [1.82, 2.24) is 9.97 Å². The molecule has 0 bridgehead atoms. The number of aryl methyl sites for hydroxylation is 1. The zero-order chi connectivity index (χ0) is 29.3. The number of carbonyl (C=O) groups is 1. The second-order valence-corrected chi connectivity index (χ2v) is 10.4. The van der Waals surface area contributed by atoms with E-state index in [4.69, 9.17) is 25.9 Å². The number of furan rings is 1. The average molecular weight is 588 g/mol. The molecule has 0 radical (unpaired) electrons. The molecule has 2 aromatic heterocycles. The molecule has 0 aliphatic heterocycles. The molecule has 0 fully saturated rings. The van der Waals surface area contributed by atoms with Crippen LogP contribution < -0.4 is 10.1 Å². The van der Waals surface area contributed by atoms with Crippen molar-refractivity contribution in [3.63, 3.8) is 0 Å². The highest BCUT2D eigenvalue weighted by atomic mass is 35.5. The van der Waals surface area contributed by atoms with Crippen molar-refractivity contribution in [3.8, 4) is 17.1 Å². The van der Waals surface area contributed by atoms with Crippen LogP contribution in [0.25, 0.3) is 22.2 Å². The number of halogens is 2. The van der Waals surface area contributed by atoms with E-state index >= 15 is 0 Å². The molecule has 0 unspecified atom stereocenters. The Labute approximate surface area is 248 Å². The quantitative estimate of drug-likeness (QED) is 0.127. The normalized spacial score (nSPS) is 11.1. The summed E-state index contributed by atoms with van der Waals surface area (Å²) in [7, 11) is 0. The summed E-state index contributed by atoms with van der Waals surface area (Å²) in [5.41, 5.74) is 3.13. The highest BCUT2D eigenvalue weighted by Gasteiger charge is 2.11. The number of nitrogens with zero attached hydrogens (tertiary/aromatic N) is 2. The number of hydrogen-bond donors (Lipinski definition) is 2. The van der Waals surface area contributed by atoms with Crippen LogP contribution in [-0.2, 0) is 17.8 Å². The van der Waals surface area contributed by atoms with Gasteiger partial charge in [0.05, 0.1) is 10.5 Å². The van der Waals surface area contributed by atoms with E-state index in [1.807, 2.05) is 36.4 Å². The molecule has 216 valence electrons. The number of anilines is 2. The number of carbonyl (C=O) groups excluding carboxylic acids is 1. The van der Waals surface area contributed by atoms with Crippen LogP contribution >= 0.6 is 11.6 Å². The number of unbranched alkanes of at least 4 members (excludes halogenated alkanes) is 3. The van der Waals surface area contributed by atoms with E-state index in [-0.39, 0.29) is 24.8 Å². The fraction of sp³-hybridized carbons (Fsp3) is 0.242. The first-order chi connectivity index (χ1) is 20.5. The molecule has 5 aromatic rings. The van der Waals surface area contributed by atoms with Gasteiger partial charge in [-0.1, -0.05) is 36.6 Å². The predicted octanol–water partition coefficient (Wildman–Crippen LogP) is 8.06. The summed E-state index contributed by atoms with van der Waals surface area (Å²) in [6.07, 6.45) is 6.49. The van der Waals surface area contributed by atoms with Gasteiger partial charge in [0.1, 0.15) is 48.4 Å². The highest BCUT2D eigenvalue weighted by molar-refractivity contribution is 6.32. The van der Waals surface area contributed by atoms with Crippen molar-refractivity contribution >= 4 is 39.8 Å². The number of hydrogen-bond acceptors (Lipinski definition) is 7. The van der Waals surface area contributed by atoms with Gasteiger partial charge in [-0.05, 0) is 79.1 Å². The van der Waals surface area contributed by atoms with E-state index in [9.17, 15) is 9.18 Å². The Hall–Kier alpha value is -4.27. The zero-order valence-corrected chi connectivity index (χ0v) is 23.7. The Morgan fingerprint density at radius 3 is 2.69 bits per heavy atom. The van der Waals surface area contributed by atoms with Gasteiger partial charge in [0, 0.05) is 29.5 Å². The maximum Gasteiger partial charge on any atom is 0.158 e. The van der Waals surface area contributed by atoms with Gasteiger partial charge in [0.2, 0.25) is 0 Å². The Bertz CT molecular complexity index is 1670. The van der Waals surface area contributed by atoms with Gasteiger partial charge in [0.15, 0.2) is 5.78 Å². The van der Waals surface area contributed by atoms with Gasteiger partial charge >= 0.3 is 0 Å². The molecule has 7 nitrogen and oxygen atoms in total. The average Bonchev–Trinajstić information content (AvgIpc) is 3.47. The molecular formula is C33H31ClFN3O4. The Balaban J connectivity index is 1.23. The van der Waals surface area contributed by atoms with Crippen molar-refractivity contribution < 1.29 is 23.4 Å². The van der Waals surface area contributed by atoms with Crippen LogP contribution in [0.2, 0.25) is 5.02 Å². The summed E-state index contributed by atoms with van der Waals surface area (Å²) in [5, 5.41) is 13.4.